The topological polar surface area (TPSA) is 61.4 Å². The third kappa shape index (κ3) is 3.45. The summed E-state index contributed by atoms with van der Waals surface area (Å²) < 4.78 is 0. The largest absolute Gasteiger partial charge is 0.344 e. The van der Waals surface area contributed by atoms with Crippen molar-refractivity contribution in [2.45, 2.75) is 25.3 Å². The van der Waals surface area contributed by atoms with E-state index in [0.717, 1.165) is 61.5 Å². The number of likely N-dealkylation sites (tertiary alicyclic amines) is 1. The SMILES string of the molecule is CNCC1CCN(C(=O)C2CCCN2c2ncnc3sccc23)C1.Cl. The number of rotatable bonds is 4. The highest BCUT2D eigenvalue weighted by atomic mass is 35.5. The molecule has 136 valence electrons. The second kappa shape index (κ2) is 7.85. The van der Waals surface area contributed by atoms with Gasteiger partial charge in [0.15, 0.2) is 0 Å². The number of hydrogen-bond donors (Lipinski definition) is 1. The highest BCUT2D eigenvalue weighted by Gasteiger charge is 2.37. The molecule has 1 N–H and O–H groups in total. The lowest BCUT2D eigenvalue weighted by Gasteiger charge is -2.29. The predicted molar refractivity (Wildman–Crippen MR) is 104 cm³/mol. The van der Waals surface area contributed by atoms with Gasteiger partial charge >= 0.3 is 0 Å². The zero-order chi connectivity index (χ0) is 16.5. The molecule has 2 aromatic heterocycles. The van der Waals surface area contributed by atoms with Crippen LogP contribution in [0.15, 0.2) is 17.8 Å². The summed E-state index contributed by atoms with van der Waals surface area (Å²) in [6.45, 7) is 3.64. The number of carbonyl (C=O) groups excluding carboxylic acids is 1. The van der Waals surface area contributed by atoms with E-state index in [1.54, 1.807) is 17.7 Å². The summed E-state index contributed by atoms with van der Waals surface area (Å²) in [5, 5.41) is 6.33. The van der Waals surface area contributed by atoms with Crippen molar-refractivity contribution in [1.29, 1.82) is 0 Å². The first-order chi connectivity index (χ1) is 11.8. The van der Waals surface area contributed by atoms with Crippen molar-refractivity contribution in [3.8, 4) is 0 Å². The van der Waals surface area contributed by atoms with Crippen molar-refractivity contribution in [3.63, 3.8) is 0 Å². The number of nitrogens with one attached hydrogen (secondary N) is 1. The Morgan fingerprint density at radius 2 is 2.24 bits per heavy atom. The highest BCUT2D eigenvalue weighted by Crippen LogP contribution is 2.32. The molecule has 0 spiro atoms. The van der Waals surface area contributed by atoms with Gasteiger partial charge in [-0.2, -0.15) is 0 Å². The van der Waals surface area contributed by atoms with Gasteiger partial charge in [-0.1, -0.05) is 0 Å². The van der Waals surface area contributed by atoms with Crippen molar-refractivity contribution in [1.82, 2.24) is 20.2 Å². The summed E-state index contributed by atoms with van der Waals surface area (Å²) in [6, 6.07) is 1.99. The maximum atomic E-state index is 13.1. The zero-order valence-corrected chi connectivity index (χ0v) is 16.0. The van der Waals surface area contributed by atoms with Gasteiger partial charge in [0.2, 0.25) is 5.91 Å². The van der Waals surface area contributed by atoms with Crippen LogP contribution in [0.5, 0.6) is 0 Å². The monoisotopic (exact) mass is 381 g/mol. The Labute approximate surface area is 158 Å². The van der Waals surface area contributed by atoms with Crippen molar-refractivity contribution < 1.29 is 4.79 Å². The summed E-state index contributed by atoms with van der Waals surface area (Å²) in [4.78, 5) is 27.2. The molecular weight excluding hydrogens is 358 g/mol. The average molecular weight is 382 g/mol. The van der Waals surface area contributed by atoms with Crippen molar-refractivity contribution >= 4 is 45.7 Å². The third-order valence-corrected chi connectivity index (χ3v) is 5.96. The Morgan fingerprint density at radius 1 is 1.36 bits per heavy atom. The minimum absolute atomic E-state index is 0. The fourth-order valence-electron chi connectivity index (χ4n) is 3.98. The molecule has 2 unspecified atom stereocenters. The molecule has 0 radical (unpaired) electrons. The second-order valence-electron chi connectivity index (χ2n) is 6.68. The van der Waals surface area contributed by atoms with Crippen LogP contribution < -0.4 is 10.2 Å². The Hall–Kier alpha value is -1.44. The van der Waals surface area contributed by atoms with E-state index in [0.29, 0.717) is 5.92 Å². The molecule has 2 aliphatic rings. The number of carbonyl (C=O) groups is 1. The maximum absolute atomic E-state index is 13.1. The smallest absolute Gasteiger partial charge is 0.245 e. The number of anilines is 1. The van der Waals surface area contributed by atoms with Crippen molar-refractivity contribution in [3.05, 3.63) is 17.8 Å². The van der Waals surface area contributed by atoms with Gasteiger partial charge < -0.3 is 15.1 Å². The minimum Gasteiger partial charge on any atom is -0.344 e. The molecule has 4 rings (SSSR count). The molecule has 6 nitrogen and oxygen atoms in total. The molecule has 0 saturated carbocycles. The number of fused-ring (bicyclic) bond motifs is 1. The Kier molecular flexibility index (Phi) is 5.76. The van der Waals surface area contributed by atoms with Crippen LogP contribution >= 0.6 is 23.7 Å². The highest BCUT2D eigenvalue weighted by molar-refractivity contribution is 7.16. The van der Waals surface area contributed by atoms with E-state index in [1.165, 1.54) is 0 Å². The molecule has 0 aromatic carbocycles. The number of thiophene rings is 1. The van der Waals surface area contributed by atoms with Crippen LogP contribution in [0, 0.1) is 5.92 Å². The van der Waals surface area contributed by atoms with E-state index in [1.807, 2.05) is 12.4 Å². The van der Waals surface area contributed by atoms with Crippen LogP contribution in [-0.2, 0) is 4.79 Å². The minimum atomic E-state index is -0.0728. The van der Waals surface area contributed by atoms with Crippen molar-refractivity contribution in [2.75, 3.05) is 38.1 Å². The van der Waals surface area contributed by atoms with Crippen LogP contribution in [0.4, 0.5) is 5.82 Å². The quantitative estimate of drug-likeness (QED) is 0.879. The number of halogens is 1. The first-order valence-corrected chi connectivity index (χ1v) is 9.54. The first kappa shape index (κ1) is 18.4. The second-order valence-corrected chi connectivity index (χ2v) is 7.58. The summed E-state index contributed by atoms with van der Waals surface area (Å²) in [5.74, 6) is 1.77. The molecule has 2 atom stereocenters. The molecule has 1 amide bonds. The molecule has 8 heteroatoms. The molecule has 0 bridgehead atoms. The van der Waals surface area contributed by atoms with E-state index in [4.69, 9.17) is 0 Å². The van der Waals surface area contributed by atoms with E-state index < -0.39 is 0 Å². The van der Waals surface area contributed by atoms with Gasteiger partial charge in [0.05, 0.1) is 5.39 Å². The predicted octanol–water partition coefficient (Wildman–Crippen LogP) is 2.15. The van der Waals surface area contributed by atoms with Gasteiger partial charge in [-0.25, -0.2) is 9.97 Å². The van der Waals surface area contributed by atoms with Gasteiger partial charge in [0, 0.05) is 19.6 Å². The molecule has 2 saturated heterocycles. The fraction of sp³-hybridized carbons (Fsp3) is 0.588. The van der Waals surface area contributed by atoms with Crippen LogP contribution in [-0.4, -0.2) is 60.0 Å². The lowest BCUT2D eigenvalue weighted by molar-refractivity contribution is -0.131. The van der Waals surface area contributed by atoms with Crippen LogP contribution in [0.2, 0.25) is 0 Å². The lowest BCUT2D eigenvalue weighted by Crippen LogP contribution is -2.45. The van der Waals surface area contributed by atoms with Gasteiger partial charge in [0.25, 0.3) is 0 Å². The molecule has 0 aliphatic carbocycles. The van der Waals surface area contributed by atoms with Gasteiger partial charge in [0.1, 0.15) is 23.0 Å². The Morgan fingerprint density at radius 3 is 3.08 bits per heavy atom. The average Bonchev–Trinajstić information content (AvgIpc) is 3.33. The van der Waals surface area contributed by atoms with Crippen LogP contribution in [0.25, 0.3) is 10.2 Å². The first-order valence-electron chi connectivity index (χ1n) is 8.66. The normalized spacial score (nSPS) is 23.2. The molecule has 2 aromatic rings. The fourth-order valence-corrected chi connectivity index (χ4v) is 4.71. The van der Waals surface area contributed by atoms with E-state index in [9.17, 15) is 4.79 Å². The molecular formula is C17H24ClN5OS. The number of amides is 1. The molecule has 2 fully saturated rings. The third-order valence-electron chi connectivity index (χ3n) is 5.14. The number of nitrogens with zero attached hydrogens (tertiary/aromatic N) is 4. The van der Waals surface area contributed by atoms with E-state index in [-0.39, 0.29) is 24.4 Å². The molecule has 4 heterocycles. The summed E-state index contributed by atoms with van der Waals surface area (Å²) in [5.41, 5.74) is 0. The summed E-state index contributed by atoms with van der Waals surface area (Å²) >= 11 is 1.62. The van der Waals surface area contributed by atoms with Gasteiger partial charge in [-0.05, 0) is 50.2 Å². The maximum Gasteiger partial charge on any atom is 0.245 e. The van der Waals surface area contributed by atoms with Gasteiger partial charge in [-0.3, -0.25) is 4.79 Å². The Bertz CT molecular complexity index is 739. The molecule has 25 heavy (non-hydrogen) atoms. The van der Waals surface area contributed by atoms with E-state index in [2.05, 4.69) is 31.2 Å². The summed E-state index contributed by atoms with van der Waals surface area (Å²) in [7, 11) is 1.98. The number of hydrogen-bond acceptors (Lipinski definition) is 6. The summed E-state index contributed by atoms with van der Waals surface area (Å²) in [6.07, 6.45) is 4.68. The zero-order valence-electron chi connectivity index (χ0n) is 14.4. The van der Waals surface area contributed by atoms with Crippen LogP contribution in [0.3, 0.4) is 0 Å². The molecule has 2 aliphatic heterocycles. The van der Waals surface area contributed by atoms with E-state index >= 15 is 0 Å². The van der Waals surface area contributed by atoms with Crippen LogP contribution in [0.1, 0.15) is 19.3 Å². The standard InChI is InChI=1S/C17H23N5OS.ClH/c1-18-9-12-4-7-21(10-12)17(23)14-3-2-6-22(14)15-13-5-8-24-16(13)20-11-19-15;/h5,8,11-12,14,18H,2-4,6-7,9-10H2,1H3;1H. The lowest BCUT2D eigenvalue weighted by atomic mass is 10.1. The van der Waals surface area contributed by atoms with Gasteiger partial charge in [-0.15, -0.1) is 23.7 Å². The number of aromatic nitrogens is 2. The Balaban J connectivity index is 0.00000182. The van der Waals surface area contributed by atoms with Crippen molar-refractivity contribution in [2.24, 2.45) is 5.92 Å².